The molecule has 1 amide bonds. The molecule has 26 heavy (non-hydrogen) atoms. The Balaban J connectivity index is 1.46. The number of rotatable bonds is 5. The van der Waals surface area contributed by atoms with Crippen molar-refractivity contribution in [1.82, 2.24) is 20.0 Å². The summed E-state index contributed by atoms with van der Waals surface area (Å²) >= 11 is 0. The SMILES string of the molecule is O=C(CC1CCCC1)N1CC(CO)C(c2nc(-c3cccnc3)no2)C1. The average Bonchev–Trinajstić information content (AvgIpc) is 3.42. The molecule has 0 aromatic carbocycles. The van der Waals surface area contributed by atoms with E-state index in [-0.39, 0.29) is 24.3 Å². The van der Waals surface area contributed by atoms with Crippen LogP contribution in [0.15, 0.2) is 29.0 Å². The summed E-state index contributed by atoms with van der Waals surface area (Å²) in [5.41, 5.74) is 0.787. The highest BCUT2D eigenvalue weighted by Gasteiger charge is 2.39. The van der Waals surface area contributed by atoms with Crippen molar-refractivity contribution in [2.45, 2.75) is 38.0 Å². The number of likely N-dealkylation sites (tertiary alicyclic amines) is 1. The molecule has 2 unspecified atom stereocenters. The third-order valence-corrected chi connectivity index (χ3v) is 5.64. The number of nitrogens with zero attached hydrogens (tertiary/aromatic N) is 4. The first-order valence-corrected chi connectivity index (χ1v) is 9.37. The van der Waals surface area contributed by atoms with Gasteiger partial charge in [-0.15, -0.1) is 0 Å². The summed E-state index contributed by atoms with van der Waals surface area (Å²) in [4.78, 5) is 23.1. The summed E-state index contributed by atoms with van der Waals surface area (Å²) in [7, 11) is 0. The minimum atomic E-state index is -0.120. The number of amides is 1. The molecule has 0 spiro atoms. The minimum Gasteiger partial charge on any atom is -0.396 e. The van der Waals surface area contributed by atoms with Crippen LogP contribution in [0.2, 0.25) is 0 Å². The van der Waals surface area contributed by atoms with Gasteiger partial charge in [-0.1, -0.05) is 18.0 Å². The summed E-state index contributed by atoms with van der Waals surface area (Å²) in [6.07, 6.45) is 8.78. The topological polar surface area (TPSA) is 92.4 Å². The van der Waals surface area contributed by atoms with E-state index in [2.05, 4.69) is 15.1 Å². The Morgan fingerprint density at radius 1 is 1.31 bits per heavy atom. The molecular weight excluding hydrogens is 332 g/mol. The molecule has 7 nitrogen and oxygen atoms in total. The number of carbonyl (C=O) groups excluding carboxylic acids is 1. The summed E-state index contributed by atoms with van der Waals surface area (Å²) in [5, 5.41) is 13.8. The Bertz CT molecular complexity index is 742. The highest BCUT2D eigenvalue weighted by atomic mass is 16.5. The normalized spacial score (nSPS) is 23.7. The van der Waals surface area contributed by atoms with Crippen LogP contribution in [-0.2, 0) is 4.79 Å². The number of hydrogen-bond donors (Lipinski definition) is 1. The maximum atomic E-state index is 12.6. The van der Waals surface area contributed by atoms with Crippen molar-refractivity contribution in [2.75, 3.05) is 19.7 Å². The second-order valence-corrected chi connectivity index (χ2v) is 7.40. The molecule has 2 atom stereocenters. The van der Waals surface area contributed by atoms with Crippen molar-refractivity contribution < 1.29 is 14.4 Å². The molecule has 2 aliphatic rings. The van der Waals surface area contributed by atoms with E-state index in [1.54, 1.807) is 12.4 Å². The second kappa shape index (κ2) is 7.53. The van der Waals surface area contributed by atoms with E-state index < -0.39 is 0 Å². The summed E-state index contributed by atoms with van der Waals surface area (Å²) in [6, 6.07) is 3.69. The highest BCUT2D eigenvalue weighted by molar-refractivity contribution is 5.77. The van der Waals surface area contributed by atoms with Crippen LogP contribution in [0.25, 0.3) is 11.4 Å². The van der Waals surface area contributed by atoms with Crippen molar-refractivity contribution in [3.8, 4) is 11.4 Å². The lowest BCUT2D eigenvalue weighted by Crippen LogP contribution is -2.30. The van der Waals surface area contributed by atoms with Gasteiger partial charge in [0, 0.05) is 50.0 Å². The third-order valence-electron chi connectivity index (χ3n) is 5.64. The molecule has 138 valence electrons. The lowest BCUT2D eigenvalue weighted by Gasteiger charge is -2.18. The smallest absolute Gasteiger partial charge is 0.232 e. The van der Waals surface area contributed by atoms with Crippen LogP contribution < -0.4 is 0 Å². The number of aliphatic hydroxyl groups excluding tert-OH is 1. The van der Waals surface area contributed by atoms with E-state index in [4.69, 9.17) is 4.52 Å². The Morgan fingerprint density at radius 3 is 2.88 bits per heavy atom. The summed E-state index contributed by atoms with van der Waals surface area (Å²) in [6.45, 7) is 1.09. The van der Waals surface area contributed by atoms with Crippen LogP contribution in [-0.4, -0.2) is 50.7 Å². The number of carbonyl (C=O) groups is 1. The monoisotopic (exact) mass is 356 g/mol. The number of aromatic nitrogens is 3. The van der Waals surface area contributed by atoms with Gasteiger partial charge in [0.1, 0.15) is 0 Å². The maximum absolute atomic E-state index is 12.6. The van der Waals surface area contributed by atoms with E-state index in [0.29, 0.717) is 37.1 Å². The van der Waals surface area contributed by atoms with Crippen molar-refractivity contribution in [3.05, 3.63) is 30.4 Å². The van der Waals surface area contributed by atoms with Crippen LogP contribution in [0.3, 0.4) is 0 Å². The zero-order valence-corrected chi connectivity index (χ0v) is 14.8. The van der Waals surface area contributed by atoms with Gasteiger partial charge in [0.05, 0.1) is 5.92 Å². The van der Waals surface area contributed by atoms with Gasteiger partial charge >= 0.3 is 0 Å². The second-order valence-electron chi connectivity index (χ2n) is 7.40. The average molecular weight is 356 g/mol. The Morgan fingerprint density at radius 2 is 2.15 bits per heavy atom. The van der Waals surface area contributed by atoms with Gasteiger partial charge < -0.3 is 14.5 Å². The molecule has 4 rings (SSSR count). The van der Waals surface area contributed by atoms with Crippen LogP contribution in [0.5, 0.6) is 0 Å². The van der Waals surface area contributed by atoms with E-state index in [9.17, 15) is 9.90 Å². The first-order valence-electron chi connectivity index (χ1n) is 9.37. The molecule has 1 saturated carbocycles. The maximum Gasteiger partial charge on any atom is 0.232 e. The van der Waals surface area contributed by atoms with Gasteiger partial charge in [-0.25, -0.2) is 0 Å². The zero-order chi connectivity index (χ0) is 17.9. The molecule has 1 aliphatic heterocycles. The molecule has 0 bridgehead atoms. The standard InChI is InChI=1S/C19H24N4O3/c24-12-15-10-23(17(25)8-13-4-1-2-5-13)11-16(15)19-21-18(22-26-19)14-6-3-7-20-9-14/h3,6-7,9,13,15-16,24H,1-2,4-5,8,10-12H2. The molecule has 2 fully saturated rings. The highest BCUT2D eigenvalue weighted by Crippen LogP contribution is 2.34. The Labute approximate surface area is 152 Å². The van der Waals surface area contributed by atoms with E-state index in [1.807, 2.05) is 17.0 Å². The Hall–Kier alpha value is -2.28. The van der Waals surface area contributed by atoms with Crippen molar-refractivity contribution in [3.63, 3.8) is 0 Å². The molecule has 1 aliphatic carbocycles. The fraction of sp³-hybridized carbons (Fsp3) is 0.579. The number of hydrogen-bond acceptors (Lipinski definition) is 6. The third kappa shape index (κ3) is 3.49. The minimum absolute atomic E-state index is 0.00246. The summed E-state index contributed by atoms with van der Waals surface area (Å²) < 4.78 is 5.46. The van der Waals surface area contributed by atoms with Crippen LogP contribution in [0.1, 0.15) is 43.9 Å². The molecule has 2 aromatic heterocycles. The predicted molar refractivity (Wildman–Crippen MR) is 94.0 cm³/mol. The molecule has 2 aromatic rings. The van der Waals surface area contributed by atoms with Crippen LogP contribution >= 0.6 is 0 Å². The fourth-order valence-corrected chi connectivity index (χ4v) is 4.13. The lowest BCUT2D eigenvalue weighted by atomic mass is 9.97. The summed E-state index contributed by atoms with van der Waals surface area (Å²) in [5.74, 6) is 1.49. The number of aliphatic hydroxyl groups is 1. The molecule has 3 heterocycles. The molecule has 1 saturated heterocycles. The Kier molecular flexibility index (Phi) is 4.97. The van der Waals surface area contributed by atoms with Gasteiger partial charge in [0.2, 0.25) is 17.6 Å². The molecule has 1 N–H and O–H groups in total. The van der Waals surface area contributed by atoms with Gasteiger partial charge in [-0.2, -0.15) is 4.98 Å². The first-order chi connectivity index (χ1) is 12.7. The van der Waals surface area contributed by atoms with Gasteiger partial charge in [0.25, 0.3) is 0 Å². The first kappa shape index (κ1) is 17.1. The predicted octanol–water partition coefficient (Wildman–Crippen LogP) is 2.25. The van der Waals surface area contributed by atoms with Crippen LogP contribution in [0, 0.1) is 11.8 Å². The van der Waals surface area contributed by atoms with Gasteiger partial charge in [-0.05, 0) is 30.9 Å². The van der Waals surface area contributed by atoms with E-state index >= 15 is 0 Å². The lowest BCUT2D eigenvalue weighted by molar-refractivity contribution is -0.131. The number of pyridine rings is 1. The van der Waals surface area contributed by atoms with Crippen LogP contribution in [0.4, 0.5) is 0 Å². The fourth-order valence-electron chi connectivity index (χ4n) is 4.13. The molecule has 0 radical (unpaired) electrons. The van der Waals surface area contributed by atoms with Gasteiger partial charge in [0.15, 0.2) is 0 Å². The van der Waals surface area contributed by atoms with Crippen molar-refractivity contribution >= 4 is 5.91 Å². The van der Waals surface area contributed by atoms with E-state index in [1.165, 1.54) is 12.8 Å². The van der Waals surface area contributed by atoms with Crippen molar-refractivity contribution in [2.24, 2.45) is 11.8 Å². The molecular formula is C19H24N4O3. The van der Waals surface area contributed by atoms with Gasteiger partial charge in [-0.3, -0.25) is 9.78 Å². The van der Waals surface area contributed by atoms with Crippen molar-refractivity contribution in [1.29, 1.82) is 0 Å². The largest absolute Gasteiger partial charge is 0.396 e. The van der Waals surface area contributed by atoms with E-state index in [0.717, 1.165) is 18.4 Å². The quantitative estimate of drug-likeness (QED) is 0.883. The molecule has 7 heteroatoms. The zero-order valence-electron chi connectivity index (χ0n) is 14.8.